The predicted molar refractivity (Wildman–Crippen MR) is 135 cm³/mol. The number of benzene rings is 2. The van der Waals surface area contributed by atoms with Crippen LogP contribution in [-0.4, -0.2) is 76.5 Å². The van der Waals surface area contributed by atoms with Gasteiger partial charge in [0.2, 0.25) is 5.91 Å². The molecule has 0 spiro atoms. The van der Waals surface area contributed by atoms with E-state index in [2.05, 4.69) is 4.90 Å². The van der Waals surface area contributed by atoms with E-state index in [4.69, 9.17) is 14.2 Å². The minimum atomic E-state index is -0.636. The zero-order valence-electron chi connectivity index (χ0n) is 20.4. The fourth-order valence-corrected chi connectivity index (χ4v) is 4.21. The van der Waals surface area contributed by atoms with Gasteiger partial charge >= 0.3 is 11.9 Å². The molecule has 2 heterocycles. The molecular formula is C27H29N3O6. The van der Waals surface area contributed by atoms with E-state index in [0.717, 1.165) is 11.3 Å². The van der Waals surface area contributed by atoms with Gasteiger partial charge in [0.05, 0.1) is 26.4 Å². The Balaban J connectivity index is 1.41. The summed E-state index contributed by atoms with van der Waals surface area (Å²) in [5.41, 5.74) is 2.90. The molecule has 0 unspecified atom stereocenters. The van der Waals surface area contributed by atoms with Gasteiger partial charge in [-0.15, -0.1) is 0 Å². The van der Waals surface area contributed by atoms with Crippen LogP contribution in [0.5, 0.6) is 0 Å². The number of rotatable bonds is 6. The average Bonchev–Trinajstić information content (AvgIpc) is 2.95. The normalized spacial score (nSPS) is 16.3. The van der Waals surface area contributed by atoms with Gasteiger partial charge in [-0.2, -0.15) is 0 Å². The molecule has 2 aromatic carbocycles. The van der Waals surface area contributed by atoms with E-state index >= 15 is 0 Å². The summed E-state index contributed by atoms with van der Waals surface area (Å²) in [5.74, 6) is -1.27. The zero-order valence-corrected chi connectivity index (χ0v) is 20.4. The summed E-state index contributed by atoms with van der Waals surface area (Å²) in [5, 5.41) is 0. The van der Waals surface area contributed by atoms with Gasteiger partial charge in [0.1, 0.15) is 12.4 Å². The van der Waals surface area contributed by atoms with Crippen molar-refractivity contribution in [2.45, 2.75) is 0 Å². The second-order valence-corrected chi connectivity index (χ2v) is 8.29. The molecule has 1 amide bonds. The summed E-state index contributed by atoms with van der Waals surface area (Å²) in [6, 6.07) is 17.4. The van der Waals surface area contributed by atoms with Gasteiger partial charge < -0.3 is 28.9 Å². The monoisotopic (exact) mass is 491 g/mol. The van der Waals surface area contributed by atoms with Crippen molar-refractivity contribution >= 4 is 35.3 Å². The first-order valence-electron chi connectivity index (χ1n) is 11.6. The van der Waals surface area contributed by atoms with E-state index < -0.39 is 11.9 Å². The highest BCUT2D eigenvalue weighted by Gasteiger charge is 2.32. The predicted octanol–water partition coefficient (Wildman–Crippen LogP) is 2.44. The molecule has 0 atom stereocenters. The van der Waals surface area contributed by atoms with Crippen molar-refractivity contribution in [2.75, 3.05) is 63.5 Å². The number of anilines is 2. The van der Waals surface area contributed by atoms with E-state index in [-0.39, 0.29) is 30.5 Å². The molecule has 0 bridgehead atoms. The molecular weight excluding hydrogens is 462 g/mol. The Morgan fingerprint density at radius 3 is 2.11 bits per heavy atom. The first kappa shape index (κ1) is 25.0. The Bertz CT molecular complexity index is 1150. The molecule has 188 valence electrons. The summed E-state index contributed by atoms with van der Waals surface area (Å²) >= 11 is 0. The Hall–Kier alpha value is -4.11. The first-order chi connectivity index (χ1) is 17.5. The van der Waals surface area contributed by atoms with Crippen molar-refractivity contribution in [3.05, 3.63) is 77.5 Å². The maximum absolute atomic E-state index is 12.6. The number of carbonyl (C=O) groups excluding carboxylic acids is 3. The molecule has 2 aromatic rings. The van der Waals surface area contributed by atoms with Crippen LogP contribution < -0.4 is 9.80 Å². The lowest BCUT2D eigenvalue weighted by atomic mass is 10.1. The van der Waals surface area contributed by atoms with Crippen molar-refractivity contribution in [2.24, 2.45) is 0 Å². The number of hydrogen-bond acceptors (Lipinski definition) is 8. The minimum absolute atomic E-state index is 0.00230. The Morgan fingerprint density at radius 2 is 1.47 bits per heavy atom. The lowest BCUT2D eigenvalue weighted by Crippen LogP contribution is -2.48. The Labute approximate surface area is 210 Å². The number of nitrogens with zero attached hydrogens (tertiary/aromatic N) is 3. The van der Waals surface area contributed by atoms with Crippen LogP contribution >= 0.6 is 0 Å². The van der Waals surface area contributed by atoms with Crippen LogP contribution in [0.2, 0.25) is 0 Å². The van der Waals surface area contributed by atoms with Crippen LogP contribution in [0.15, 0.2) is 71.9 Å². The third-order valence-electron chi connectivity index (χ3n) is 6.17. The molecule has 0 saturated carbocycles. The maximum Gasteiger partial charge on any atom is 0.355 e. The van der Waals surface area contributed by atoms with Gasteiger partial charge in [-0.25, -0.2) is 9.59 Å². The Kier molecular flexibility index (Phi) is 8.02. The number of esters is 2. The highest BCUT2D eigenvalue weighted by molar-refractivity contribution is 6.03. The van der Waals surface area contributed by atoms with Crippen molar-refractivity contribution in [3.63, 3.8) is 0 Å². The smallest absolute Gasteiger partial charge is 0.355 e. The molecule has 1 saturated heterocycles. The Morgan fingerprint density at radius 1 is 0.833 bits per heavy atom. The van der Waals surface area contributed by atoms with Crippen LogP contribution in [0.3, 0.4) is 0 Å². The lowest BCUT2D eigenvalue weighted by Gasteiger charge is -2.36. The van der Waals surface area contributed by atoms with E-state index in [9.17, 15) is 14.4 Å². The quantitative estimate of drug-likeness (QED) is 0.450. The third-order valence-corrected chi connectivity index (χ3v) is 6.17. The van der Waals surface area contributed by atoms with Crippen molar-refractivity contribution < 1.29 is 28.6 Å². The lowest BCUT2D eigenvalue weighted by molar-refractivity contribution is -0.140. The van der Waals surface area contributed by atoms with Gasteiger partial charge in [-0.05, 0) is 35.9 Å². The average molecular weight is 492 g/mol. The molecule has 1 fully saturated rings. The molecule has 36 heavy (non-hydrogen) atoms. The van der Waals surface area contributed by atoms with Gasteiger partial charge in [0, 0.05) is 43.6 Å². The molecule has 9 nitrogen and oxygen atoms in total. The fraction of sp³-hybridized carbons (Fsp3) is 0.296. The van der Waals surface area contributed by atoms with Gasteiger partial charge in [-0.3, -0.25) is 4.79 Å². The van der Waals surface area contributed by atoms with Gasteiger partial charge in [0.25, 0.3) is 0 Å². The highest BCUT2D eigenvalue weighted by atomic mass is 16.5. The number of piperazine rings is 1. The van der Waals surface area contributed by atoms with Crippen LogP contribution in [-0.2, 0) is 28.6 Å². The molecule has 2 aliphatic heterocycles. The van der Waals surface area contributed by atoms with Crippen LogP contribution in [0.1, 0.15) is 5.56 Å². The second kappa shape index (κ2) is 11.5. The van der Waals surface area contributed by atoms with Crippen LogP contribution in [0, 0.1) is 0 Å². The van der Waals surface area contributed by atoms with Crippen molar-refractivity contribution in [3.8, 4) is 0 Å². The van der Waals surface area contributed by atoms with Crippen LogP contribution in [0.4, 0.5) is 11.4 Å². The molecule has 0 aromatic heterocycles. The number of methoxy groups -OCH3 is 2. The summed E-state index contributed by atoms with van der Waals surface area (Å²) in [7, 11) is 2.52. The van der Waals surface area contributed by atoms with E-state index in [1.54, 1.807) is 11.0 Å². The SMILES string of the molecule is COC(=O)C1=C(C(=O)OC)N(c2ccc(N3CCN(C(=O)C=Cc4ccccc4)CC3)cc2)COC1. The summed E-state index contributed by atoms with van der Waals surface area (Å²) in [4.78, 5) is 42.9. The summed E-state index contributed by atoms with van der Waals surface area (Å²) in [6.45, 7) is 2.72. The second-order valence-electron chi connectivity index (χ2n) is 8.29. The molecule has 0 aliphatic carbocycles. The molecule has 4 rings (SSSR count). The van der Waals surface area contributed by atoms with E-state index in [0.29, 0.717) is 31.9 Å². The standard InChI is InChI=1S/C27H29N3O6/c1-34-26(32)23-18-36-19-30(25(23)27(33)35-2)22-11-9-21(10-12-22)28-14-16-29(17-15-28)24(31)13-8-20-6-4-3-5-7-20/h3-13H,14-19H2,1-2H3. The highest BCUT2D eigenvalue weighted by Crippen LogP contribution is 2.29. The van der Waals surface area contributed by atoms with E-state index in [1.165, 1.54) is 14.2 Å². The zero-order chi connectivity index (χ0) is 25.5. The fourth-order valence-electron chi connectivity index (χ4n) is 4.21. The number of ether oxygens (including phenoxy) is 3. The van der Waals surface area contributed by atoms with Gasteiger partial charge in [0.15, 0.2) is 0 Å². The molecule has 0 radical (unpaired) electrons. The van der Waals surface area contributed by atoms with E-state index in [1.807, 2.05) is 65.6 Å². The summed E-state index contributed by atoms with van der Waals surface area (Å²) in [6.07, 6.45) is 3.45. The third kappa shape index (κ3) is 5.58. The number of hydrogen-bond donors (Lipinski definition) is 0. The maximum atomic E-state index is 12.6. The first-order valence-corrected chi connectivity index (χ1v) is 11.6. The molecule has 2 aliphatic rings. The topological polar surface area (TPSA) is 88.6 Å². The van der Waals surface area contributed by atoms with Crippen molar-refractivity contribution in [1.29, 1.82) is 0 Å². The molecule has 9 heteroatoms. The molecule has 0 N–H and O–H groups in total. The summed E-state index contributed by atoms with van der Waals surface area (Å²) < 4.78 is 15.3. The number of amides is 1. The number of carbonyl (C=O) groups is 3. The van der Waals surface area contributed by atoms with Crippen molar-refractivity contribution in [1.82, 2.24) is 4.90 Å². The van der Waals surface area contributed by atoms with Gasteiger partial charge in [-0.1, -0.05) is 30.3 Å². The largest absolute Gasteiger partial charge is 0.466 e. The van der Waals surface area contributed by atoms with Crippen LogP contribution in [0.25, 0.3) is 6.08 Å². The minimum Gasteiger partial charge on any atom is -0.466 e.